The molecule has 1 N–H and O–H groups in total. The number of carbonyl (C=O) groups is 2. The predicted molar refractivity (Wildman–Crippen MR) is 79.9 cm³/mol. The van der Waals surface area contributed by atoms with Crippen molar-refractivity contribution in [3.8, 4) is 5.75 Å². The number of hydrogen-bond acceptors (Lipinski definition) is 4. The molecule has 0 radical (unpaired) electrons. The zero-order chi connectivity index (χ0) is 15.6. The van der Waals surface area contributed by atoms with E-state index in [4.69, 9.17) is 4.74 Å². The van der Waals surface area contributed by atoms with E-state index in [-0.39, 0.29) is 30.4 Å². The van der Waals surface area contributed by atoms with Crippen molar-refractivity contribution in [2.75, 3.05) is 7.05 Å². The summed E-state index contributed by atoms with van der Waals surface area (Å²) in [5.74, 6) is 0.532. The van der Waals surface area contributed by atoms with E-state index in [1.807, 2.05) is 45.0 Å². The van der Waals surface area contributed by atoms with E-state index >= 15 is 0 Å². The van der Waals surface area contributed by atoms with Crippen LogP contribution in [-0.4, -0.2) is 35.9 Å². The Hall–Kier alpha value is -1.88. The minimum Gasteiger partial charge on any atom is -0.491 e. The van der Waals surface area contributed by atoms with Gasteiger partial charge < -0.3 is 4.74 Å². The second-order valence-electron chi connectivity index (χ2n) is 5.67. The fraction of sp³-hybridized carbons (Fsp3) is 0.500. The van der Waals surface area contributed by atoms with Crippen LogP contribution in [0, 0.1) is 0 Å². The molecule has 1 aromatic carbocycles. The van der Waals surface area contributed by atoms with Crippen molar-refractivity contribution in [3.63, 3.8) is 0 Å². The molecule has 1 aromatic rings. The van der Waals surface area contributed by atoms with Gasteiger partial charge in [-0.05, 0) is 38.5 Å². The van der Waals surface area contributed by atoms with Gasteiger partial charge in [-0.25, -0.2) is 0 Å². The van der Waals surface area contributed by atoms with E-state index in [2.05, 4.69) is 5.32 Å². The predicted octanol–water partition coefficient (Wildman–Crippen LogP) is 1.88. The highest BCUT2D eigenvalue weighted by Gasteiger charge is 2.36. The van der Waals surface area contributed by atoms with Crippen LogP contribution >= 0.6 is 0 Å². The minimum atomic E-state index is -0.427. The SMILES string of the molecule is CC(C)Oc1ccc(C(C)NC2CC(=O)N(C)C2=O)cc1. The van der Waals surface area contributed by atoms with Crippen molar-refractivity contribution in [2.24, 2.45) is 0 Å². The van der Waals surface area contributed by atoms with Crippen LogP contribution in [-0.2, 0) is 9.59 Å². The Morgan fingerprint density at radius 2 is 1.81 bits per heavy atom. The molecule has 5 heteroatoms. The number of carbonyl (C=O) groups excluding carboxylic acids is 2. The zero-order valence-electron chi connectivity index (χ0n) is 12.9. The normalized spacial score (nSPS) is 20.2. The highest BCUT2D eigenvalue weighted by atomic mass is 16.5. The van der Waals surface area contributed by atoms with Gasteiger partial charge in [-0.3, -0.25) is 19.8 Å². The number of nitrogens with zero attached hydrogens (tertiary/aromatic N) is 1. The van der Waals surface area contributed by atoms with Crippen LogP contribution < -0.4 is 10.1 Å². The van der Waals surface area contributed by atoms with Crippen LogP contribution in [0.1, 0.15) is 38.8 Å². The third kappa shape index (κ3) is 3.61. The Bertz CT molecular complexity index is 525. The lowest BCUT2D eigenvalue weighted by Crippen LogP contribution is -2.38. The molecular formula is C16H22N2O3. The topological polar surface area (TPSA) is 58.6 Å². The largest absolute Gasteiger partial charge is 0.491 e. The molecule has 0 spiro atoms. The summed E-state index contributed by atoms with van der Waals surface area (Å²) in [4.78, 5) is 24.6. The molecule has 114 valence electrons. The Kier molecular flexibility index (Phi) is 4.63. The van der Waals surface area contributed by atoms with Gasteiger partial charge in [-0.2, -0.15) is 0 Å². The molecule has 0 aromatic heterocycles. The van der Waals surface area contributed by atoms with Gasteiger partial charge in [0.15, 0.2) is 0 Å². The van der Waals surface area contributed by atoms with Crippen molar-refractivity contribution in [3.05, 3.63) is 29.8 Å². The molecule has 0 saturated carbocycles. The number of rotatable bonds is 5. The van der Waals surface area contributed by atoms with Crippen LogP contribution in [0.3, 0.4) is 0 Å². The summed E-state index contributed by atoms with van der Waals surface area (Å²) in [6.07, 6.45) is 0.373. The molecule has 1 aliphatic rings. The average molecular weight is 290 g/mol. The molecule has 1 fully saturated rings. The first kappa shape index (κ1) is 15.5. The van der Waals surface area contributed by atoms with Gasteiger partial charge in [0.05, 0.1) is 18.6 Å². The van der Waals surface area contributed by atoms with Crippen molar-refractivity contribution in [1.82, 2.24) is 10.2 Å². The van der Waals surface area contributed by atoms with Crippen LogP contribution in [0.5, 0.6) is 5.75 Å². The molecule has 2 amide bonds. The zero-order valence-corrected chi connectivity index (χ0v) is 12.9. The monoisotopic (exact) mass is 290 g/mol. The van der Waals surface area contributed by atoms with E-state index in [0.717, 1.165) is 11.3 Å². The number of benzene rings is 1. The van der Waals surface area contributed by atoms with Crippen LogP contribution in [0.4, 0.5) is 0 Å². The van der Waals surface area contributed by atoms with Gasteiger partial charge in [0.2, 0.25) is 11.8 Å². The van der Waals surface area contributed by atoms with Crippen molar-refractivity contribution in [2.45, 2.75) is 45.4 Å². The smallest absolute Gasteiger partial charge is 0.246 e. The van der Waals surface area contributed by atoms with Crippen molar-refractivity contribution in [1.29, 1.82) is 0 Å². The van der Waals surface area contributed by atoms with Gasteiger partial charge in [0.25, 0.3) is 0 Å². The van der Waals surface area contributed by atoms with Gasteiger partial charge in [0, 0.05) is 13.1 Å². The molecule has 0 bridgehead atoms. The number of hydrogen-bond donors (Lipinski definition) is 1. The molecular weight excluding hydrogens is 268 g/mol. The molecule has 1 saturated heterocycles. The summed E-state index contributed by atoms with van der Waals surface area (Å²) in [6.45, 7) is 5.95. The molecule has 2 atom stereocenters. The molecule has 0 aliphatic carbocycles. The third-order valence-electron chi connectivity index (χ3n) is 3.58. The fourth-order valence-electron chi connectivity index (χ4n) is 2.39. The van der Waals surface area contributed by atoms with E-state index in [0.29, 0.717) is 0 Å². The lowest BCUT2D eigenvalue weighted by Gasteiger charge is -2.19. The van der Waals surface area contributed by atoms with Gasteiger partial charge in [-0.1, -0.05) is 12.1 Å². The summed E-state index contributed by atoms with van der Waals surface area (Å²) >= 11 is 0. The number of nitrogens with one attached hydrogen (secondary N) is 1. The third-order valence-corrected chi connectivity index (χ3v) is 3.58. The Morgan fingerprint density at radius 3 is 2.29 bits per heavy atom. The summed E-state index contributed by atoms with van der Waals surface area (Å²) in [5, 5.41) is 3.21. The lowest BCUT2D eigenvalue weighted by molar-refractivity contribution is -0.137. The maximum absolute atomic E-state index is 11.9. The Labute approximate surface area is 125 Å². The van der Waals surface area contributed by atoms with Gasteiger partial charge in [-0.15, -0.1) is 0 Å². The molecule has 1 heterocycles. The first-order valence-electron chi connectivity index (χ1n) is 7.21. The van der Waals surface area contributed by atoms with Crippen LogP contribution in [0.25, 0.3) is 0 Å². The van der Waals surface area contributed by atoms with E-state index in [1.54, 1.807) is 0 Å². The minimum absolute atomic E-state index is 0.00801. The standard InChI is InChI=1S/C16H22N2O3/c1-10(2)21-13-7-5-12(6-8-13)11(3)17-14-9-15(19)18(4)16(14)20/h5-8,10-11,14,17H,9H2,1-4H3. The van der Waals surface area contributed by atoms with Crippen LogP contribution in [0.2, 0.25) is 0 Å². The molecule has 5 nitrogen and oxygen atoms in total. The summed E-state index contributed by atoms with van der Waals surface area (Å²) < 4.78 is 5.60. The number of likely N-dealkylation sites (N-methyl/N-ethyl adjacent to an activating group) is 1. The van der Waals surface area contributed by atoms with E-state index < -0.39 is 6.04 Å². The summed E-state index contributed by atoms with van der Waals surface area (Å²) in [5.41, 5.74) is 1.06. The number of amides is 2. The Balaban J connectivity index is 1.99. The first-order valence-corrected chi connectivity index (χ1v) is 7.21. The fourth-order valence-corrected chi connectivity index (χ4v) is 2.39. The highest BCUT2D eigenvalue weighted by molar-refractivity contribution is 6.05. The summed E-state index contributed by atoms with van der Waals surface area (Å²) in [6, 6.07) is 7.35. The molecule has 2 rings (SSSR count). The number of imide groups is 1. The van der Waals surface area contributed by atoms with Crippen molar-refractivity contribution < 1.29 is 14.3 Å². The van der Waals surface area contributed by atoms with Crippen molar-refractivity contribution >= 4 is 11.8 Å². The summed E-state index contributed by atoms with van der Waals surface area (Å²) in [7, 11) is 1.52. The van der Waals surface area contributed by atoms with Crippen LogP contribution in [0.15, 0.2) is 24.3 Å². The maximum atomic E-state index is 11.9. The average Bonchev–Trinajstić information content (AvgIpc) is 2.66. The molecule has 21 heavy (non-hydrogen) atoms. The lowest BCUT2D eigenvalue weighted by atomic mass is 10.1. The quantitative estimate of drug-likeness (QED) is 0.841. The highest BCUT2D eigenvalue weighted by Crippen LogP contribution is 2.21. The number of ether oxygens (including phenoxy) is 1. The van der Waals surface area contributed by atoms with E-state index in [1.165, 1.54) is 11.9 Å². The molecule has 1 aliphatic heterocycles. The number of likely N-dealkylation sites (tertiary alicyclic amines) is 1. The first-order chi connectivity index (χ1) is 9.88. The van der Waals surface area contributed by atoms with E-state index in [9.17, 15) is 9.59 Å². The maximum Gasteiger partial charge on any atom is 0.246 e. The molecule has 2 unspecified atom stereocenters. The second kappa shape index (κ2) is 6.26. The van der Waals surface area contributed by atoms with Gasteiger partial charge in [0.1, 0.15) is 5.75 Å². The Morgan fingerprint density at radius 1 is 1.19 bits per heavy atom. The second-order valence-corrected chi connectivity index (χ2v) is 5.67. The van der Waals surface area contributed by atoms with Gasteiger partial charge >= 0.3 is 0 Å².